The number of benzene rings is 8. The molecule has 8 aromatic carbocycles. The average Bonchev–Trinajstić information content (AvgIpc) is 3.80. The first-order valence-corrected chi connectivity index (χ1v) is 16.5. The molecule has 0 saturated heterocycles. The molecule has 238 valence electrons. The monoisotopic (exact) mass is 655 g/mol. The molecule has 0 spiro atoms. The predicted octanol–water partition coefficient (Wildman–Crippen LogP) is 12.7. The minimum atomic E-state index is -1.36. The van der Waals surface area contributed by atoms with E-state index in [-0.39, 0.29) is 66.5 Å². The van der Waals surface area contributed by atoms with Gasteiger partial charge in [-0.2, -0.15) is 0 Å². The van der Waals surface area contributed by atoms with Crippen molar-refractivity contribution in [2.24, 2.45) is 0 Å². The second kappa shape index (κ2) is 10.8. The van der Waals surface area contributed by atoms with Gasteiger partial charge in [-0.15, -0.1) is 0 Å². The second-order valence-corrected chi connectivity index (χ2v) is 13.0. The third-order valence-corrected chi connectivity index (χ3v) is 9.98. The summed E-state index contributed by atoms with van der Waals surface area (Å²) in [5.41, 5.74) is 1.01. The molecule has 50 heavy (non-hydrogen) atoms. The maximum absolute atomic E-state index is 9.97. The Labute approximate surface area is 313 Å². The SMILES string of the molecule is [2H]c1c([2H])c([2H])c2c(c1[2H])-c1c([2H])c([2H])c(-c3c4c([2H])c([2H])c([2H])c([2H])c4c(-c4ccc(-n5c(CC)nc6ccccc65)c5ccccc45)c4c([2H])c([2H])c([2H])c([2H])c34)c([2H])c1C2(C)C. The van der Waals surface area contributed by atoms with Gasteiger partial charge in [-0.3, -0.25) is 4.57 Å². The van der Waals surface area contributed by atoms with Crippen LogP contribution in [0.2, 0.25) is 0 Å². The van der Waals surface area contributed by atoms with Gasteiger partial charge in [0.05, 0.1) is 37.3 Å². The zero-order valence-electron chi connectivity index (χ0n) is 42.4. The van der Waals surface area contributed by atoms with Crippen molar-refractivity contribution in [3.63, 3.8) is 0 Å². The molecule has 0 fully saturated rings. The summed E-state index contributed by atoms with van der Waals surface area (Å²) in [5, 5.41) is 0.584. The highest BCUT2D eigenvalue weighted by Gasteiger charge is 2.35. The zero-order valence-corrected chi connectivity index (χ0v) is 27.4. The average molecular weight is 656 g/mol. The molecule has 0 N–H and O–H groups in total. The van der Waals surface area contributed by atoms with Crippen molar-refractivity contribution in [2.75, 3.05) is 0 Å². The van der Waals surface area contributed by atoms with Gasteiger partial charge < -0.3 is 0 Å². The summed E-state index contributed by atoms with van der Waals surface area (Å²) in [6.07, 6.45) is 0.598. The van der Waals surface area contributed by atoms with Crippen LogP contribution in [0.3, 0.4) is 0 Å². The van der Waals surface area contributed by atoms with Gasteiger partial charge in [-0.05, 0) is 95.7 Å². The Hall–Kier alpha value is -5.99. The molecule has 1 aromatic heterocycles. The maximum atomic E-state index is 9.97. The van der Waals surface area contributed by atoms with Crippen molar-refractivity contribution >= 4 is 43.4 Å². The van der Waals surface area contributed by atoms with Gasteiger partial charge >= 0.3 is 0 Å². The molecule has 1 heterocycles. The fraction of sp³-hybridized carbons (Fsp3) is 0.104. The molecule has 0 aliphatic heterocycles. The van der Waals surface area contributed by atoms with Crippen LogP contribution in [0.1, 0.15) is 58.3 Å². The molecule has 1 aliphatic rings. The van der Waals surface area contributed by atoms with E-state index in [1.807, 2.05) is 61.5 Å². The fourth-order valence-corrected chi connectivity index (χ4v) is 7.70. The lowest BCUT2D eigenvalue weighted by molar-refractivity contribution is 0.660. The van der Waals surface area contributed by atoms with Crippen LogP contribution >= 0.6 is 0 Å². The van der Waals surface area contributed by atoms with Crippen molar-refractivity contribution in [2.45, 2.75) is 32.6 Å². The highest BCUT2D eigenvalue weighted by atomic mass is 15.1. The van der Waals surface area contributed by atoms with Crippen LogP contribution in [0, 0.1) is 0 Å². The van der Waals surface area contributed by atoms with Crippen molar-refractivity contribution < 1.29 is 20.6 Å². The highest BCUT2D eigenvalue weighted by Crippen LogP contribution is 2.51. The van der Waals surface area contributed by atoms with Gasteiger partial charge in [0.25, 0.3) is 0 Å². The van der Waals surface area contributed by atoms with E-state index in [0.29, 0.717) is 22.8 Å². The van der Waals surface area contributed by atoms with Crippen LogP contribution in [-0.2, 0) is 11.8 Å². The zero-order chi connectivity index (χ0) is 46.6. The number of hydrogen-bond acceptors (Lipinski definition) is 1. The number of rotatable bonds is 4. The topological polar surface area (TPSA) is 17.8 Å². The molecule has 9 aromatic rings. The molecule has 10 rings (SSSR count). The molecule has 0 bridgehead atoms. The summed E-state index contributed by atoms with van der Waals surface area (Å²) < 4.78 is 140. The molecule has 2 heteroatoms. The molecular formula is C48H36N2. The molecule has 0 unspecified atom stereocenters. The molecule has 0 saturated carbocycles. The van der Waals surface area contributed by atoms with E-state index in [9.17, 15) is 9.60 Å². The van der Waals surface area contributed by atoms with Crippen molar-refractivity contribution in [1.29, 1.82) is 0 Å². The molecule has 2 nitrogen and oxygen atoms in total. The lowest BCUT2D eigenvalue weighted by Gasteiger charge is -2.23. The number of aryl methyl sites for hydroxylation is 1. The first-order chi connectivity index (χ1) is 30.8. The minimum absolute atomic E-state index is 0.0199. The largest absolute Gasteiger partial charge is 0.296 e. The van der Waals surface area contributed by atoms with E-state index in [1.54, 1.807) is 19.9 Å². The van der Waals surface area contributed by atoms with E-state index in [2.05, 4.69) is 4.57 Å². The van der Waals surface area contributed by atoms with Gasteiger partial charge in [-0.1, -0.05) is 148 Å². The van der Waals surface area contributed by atoms with E-state index in [1.165, 1.54) is 0 Å². The Morgan fingerprint density at radius 2 is 1.20 bits per heavy atom. The van der Waals surface area contributed by atoms with Crippen LogP contribution in [0.5, 0.6) is 0 Å². The molecule has 0 amide bonds. The van der Waals surface area contributed by atoms with Crippen LogP contribution in [0.25, 0.3) is 82.4 Å². The highest BCUT2D eigenvalue weighted by molar-refractivity contribution is 6.24. The smallest absolute Gasteiger partial charge is 0.114 e. The Morgan fingerprint density at radius 1 is 0.580 bits per heavy atom. The number of imidazole rings is 1. The number of hydrogen-bond donors (Lipinski definition) is 0. The minimum Gasteiger partial charge on any atom is -0.296 e. The van der Waals surface area contributed by atoms with Crippen molar-refractivity contribution in [1.82, 2.24) is 9.55 Å². The fourth-order valence-electron chi connectivity index (χ4n) is 7.70. The van der Waals surface area contributed by atoms with Gasteiger partial charge in [0.2, 0.25) is 0 Å². The van der Waals surface area contributed by atoms with Gasteiger partial charge in [0, 0.05) is 17.2 Å². The van der Waals surface area contributed by atoms with E-state index in [0.717, 1.165) is 22.5 Å². The van der Waals surface area contributed by atoms with Crippen LogP contribution in [-0.4, -0.2) is 9.55 Å². The third kappa shape index (κ3) is 3.99. The number of para-hydroxylation sites is 2. The van der Waals surface area contributed by atoms with E-state index >= 15 is 0 Å². The van der Waals surface area contributed by atoms with Crippen LogP contribution in [0.15, 0.2) is 151 Å². The first kappa shape index (κ1) is 17.6. The van der Waals surface area contributed by atoms with Crippen LogP contribution < -0.4 is 0 Å². The molecular weight excluding hydrogens is 605 g/mol. The first-order valence-electron chi connectivity index (χ1n) is 24.0. The Bertz CT molecular complexity index is 3600. The Kier molecular flexibility index (Phi) is 3.79. The number of aromatic nitrogens is 2. The van der Waals surface area contributed by atoms with E-state index < -0.39 is 90.0 Å². The summed E-state index contributed by atoms with van der Waals surface area (Å²) in [6, 6.07) is 10.5. The third-order valence-electron chi connectivity index (χ3n) is 9.98. The Balaban J connectivity index is 1.43. The quantitative estimate of drug-likeness (QED) is 0.173. The Morgan fingerprint density at radius 3 is 1.94 bits per heavy atom. The summed E-state index contributed by atoms with van der Waals surface area (Å²) in [7, 11) is 0. The van der Waals surface area contributed by atoms with Gasteiger partial charge in [0.15, 0.2) is 0 Å². The molecule has 0 atom stereocenters. The molecule has 0 radical (unpaired) electrons. The van der Waals surface area contributed by atoms with Gasteiger partial charge in [0.1, 0.15) is 5.82 Å². The van der Waals surface area contributed by atoms with E-state index in [4.69, 9.17) is 16.0 Å². The summed E-state index contributed by atoms with van der Waals surface area (Å²) in [6.45, 7) is 5.29. The second-order valence-electron chi connectivity index (χ2n) is 13.0. The summed E-state index contributed by atoms with van der Waals surface area (Å²) >= 11 is 0. The standard InChI is InChI=1S/C48H36N2/c1-4-45-49-42-23-13-14-24-44(42)50(45)43-28-27-39(31-15-5-6-17-34(31)43)47-37-20-9-7-18-35(37)46(36-19-8-10-21-38(36)47)30-25-26-33-32-16-11-12-22-40(32)48(2,3)41(33)29-30/h5-29H,4H2,1-3H3/i7D,8D,9D,10D,11D,12D,16D,18D,19D,20D,21D,22D,25D,26D,29D. The normalized spacial score (nSPS) is 17.5. The lowest BCUT2D eigenvalue weighted by atomic mass is 9.80. The number of nitrogens with zero attached hydrogens (tertiary/aromatic N) is 2. The number of fused-ring (bicyclic) bond motifs is 7. The van der Waals surface area contributed by atoms with Crippen molar-refractivity contribution in [3.8, 4) is 39.1 Å². The van der Waals surface area contributed by atoms with Gasteiger partial charge in [-0.25, -0.2) is 4.98 Å². The summed E-state index contributed by atoms with van der Waals surface area (Å²) in [5.74, 6) is 0.789. The summed E-state index contributed by atoms with van der Waals surface area (Å²) in [4.78, 5) is 4.89. The lowest BCUT2D eigenvalue weighted by Crippen LogP contribution is -2.14. The van der Waals surface area contributed by atoms with Crippen LogP contribution in [0.4, 0.5) is 0 Å². The maximum Gasteiger partial charge on any atom is 0.114 e. The molecule has 1 aliphatic carbocycles. The van der Waals surface area contributed by atoms with Crippen molar-refractivity contribution in [3.05, 3.63) is 168 Å². The predicted molar refractivity (Wildman–Crippen MR) is 211 cm³/mol.